The Labute approximate surface area is 160 Å². The van der Waals surface area contributed by atoms with Gasteiger partial charge in [0.1, 0.15) is 6.29 Å². The first-order valence-corrected chi connectivity index (χ1v) is 11.4. The molecule has 10 heteroatoms. The van der Waals surface area contributed by atoms with E-state index in [4.69, 9.17) is 22.1 Å². The van der Waals surface area contributed by atoms with E-state index in [9.17, 15) is 19.3 Å². The van der Waals surface area contributed by atoms with Crippen LogP contribution in [0.5, 0.6) is 0 Å². The van der Waals surface area contributed by atoms with Crippen molar-refractivity contribution < 1.29 is 23.8 Å². The van der Waals surface area contributed by atoms with Crippen LogP contribution in [0.1, 0.15) is 38.5 Å². The standard InChI is InChI=1S/C13H23N2O5PS.C2H4.CH5N/c1-21(19,22)20-11-5-2-9(3-6-11)13(18)15-10(8-16)4-7-12(14)17;2*1-2/h8-11H,2-7H2,1H3,(H2,14,17)(H,15,18)(H,19,22);1-2H2;2H2,1H3. The van der Waals surface area contributed by atoms with Crippen LogP contribution in [-0.2, 0) is 30.7 Å². The third-order valence-corrected chi connectivity index (χ3v) is 4.53. The van der Waals surface area contributed by atoms with E-state index in [1.54, 1.807) is 0 Å². The molecule has 1 aliphatic rings. The summed E-state index contributed by atoms with van der Waals surface area (Å²) >= 11 is 4.86. The highest BCUT2D eigenvalue weighted by Gasteiger charge is 2.29. The molecule has 0 bridgehead atoms. The average Bonchev–Trinajstić information content (AvgIpc) is 2.61. The lowest BCUT2D eigenvalue weighted by Crippen LogP contribution is -2.41. The molecule has 1 aliphatic carbocycles. The summed E-state index contributed by atoms with van der Waals surface area (Å²) in [6.45, 7) is 4.83. The molecule has 0 radical (unpaired) electrons. The lowest BCUT2D eigenvalue weighted by atomic mass is 9.86. The van der Waals surface area contributed by atoms with Gasteiger partial charge in [0.05, 0.1) is 12.1 Å². The first kappa shape index (κ1) is 27.1. The number of nitrogens with two attached hydrogens (primary N) is 2. The van der Waals surface area contributed by atoms with Gasteiger partial charge in [0.15, 0.2) is 6.49 Å². The Hall–Kier alpha value is -1.12. The van der Waals surface area contributed by atoms with Crippen molar-refractivity contribution in [3.63, 3.8) is 0 Å². The van der Waals surface area contributed by atoms with Gasteiger partial charge in [0.25, 0.3) is 0 Å². The van der Waals surface area contributed by atoms with Crippen LogP contribution in [0.15, 0.2) is 13.2 Å². The van der Waals surface area contributed by atoms with E-state index in [0.29, 0.717) is 32.0 Å². The maximum atomic E-state index is 12.1. The molecule has 1 rings (SSSR count). The summed E-state index contributed by atoms with van der Waals surface area (Å²) in [5.41, 5.74) is 9.53. The fourth-order valence-corrected chi connectivity index (χ4v) is 3.61. The number of aldehydes is 1. The molecule has 1 saturated carbocycles. The third kappa shape index (κ3) is 13.1. The molecular formula is C16H32N3O5PS. The Balaban J connectivity index is 0. The molecule has 0 aromatic heterocycles. The zero-order chi connectivity index (χ0) is 20.8. The summed E-state index contributed by atoms with van der Waals surface area (Å²) in [5.74, 6) is -0.887. The van der Waals surface area contributed by atoms with Crippen LogP contribution < -0.4 is 16.8 Å². The predicted molar refractivity (Wildman–Crippen MR) is 107 cm³/mol. The van der Waals surface area contributed by atoms with Crippen molar-refractivity contribution in [1.82, 2.24) is 5.32 Å². The molecule has 0 spiro atoms. The minimum atomic E-state index is -2.68. The zero-order valence-electron chi connectivity index (χ0n) is 15.6. The van der Waals surface area contributed by atoms with E-state index >= 15 is 0 Å². The van der Waals surface area contributed by atoms with Crippen LogP contribution in [0.3, 0.4) is 0 Å². The molecule has 2 atom stereocenters. The van der Waals surface area contributed by atoms with E-state index < -0.39 is 18.4 Å². The van der Waals surface area contributed by atoms with Crippen LogP contribution in [0.4, 0.5) is 0 Å². The summed E-state index contributed by atoms with van der Waals surface area (Å²) in [7, 11) is 1.50. The Morgan fingerprint density at radius 1 is 1.35 bits per heavy atom. The van der Waals surface area contributed by atoms with E-state index in [1.165, 1.54) is 13.7 Å². The van der Waals surface area contributed by atoms with Crippen molar-refractivity contribution >= 4 is 36.4 Å². The highest BCUT2D eigenvalue weighted by atomic mass is 32.5. The number of nitrogens with one attached hydrogen (secondary N) is 1. The number of rotatable bonds is 8. The number of primary amides is 1. The Morgan fingerprint density at radius 3 is 2.23 bits per heavy atom. The Bertz CT molecular complexity index is 479. The Kier molecular flexibility index (Phi) is 15.6. The molecule has 2 unspecified atom stereocenters. The minimum Gasteiger partial charge on any atom is -0.370 e. The molecule has 26 heavy (non-hydrogen) atoms. The minimum absolute atomic E-state index is 0.0574. The molecular weight excluding hydrogens is 377 g/mol. The lowest BCUT2D eigenvalue weighted by molar-refractivity contribution is -0.129. The Morgan fingerprint density at radius 2 is 1.85 bits per heavy atom. The maximum absolute atomic E-state index is 12.1. The van der Waals surface area contributed by atoms with Gasteiger partial charge in [-0.15, -0.1) is 13.2 Å². The second kappa shape index (κ2) is 15.0. The fourth-order valence-electron chi connectivity index (χ4n) is 2.48. The third-order valence-electron chi connectivity index (χ3n) is 3.58. The molecule has 0 heterocycles. The van der Waals surface area contributed by atoms with Crippen molar-refractivity contribution in [3.8, 4) is 0 Å². The number of carbonyl (C=O) groups excluding carboxylic acids is 3. The molecule has 6 N–H and O–H groups in total. The molecule has 0 saturated heterocycles. The van der Waals surface area contributed by atoms with Gasteiger partial charge in [0.2, 0.25) is 11.8 Å². The number of hydrogen-bond donors (Lipinski definition) is 4. The molecule has 8 nitrogen and oxygen atoms in total. The van der Waals surface area contributed by atoms with Crippen LogP contribution in [0, 0.1) is 5.92 Å². The largest absolute Gasteiger partial charge is 0.370 e. The van der Waals surface area contributed by atoms with Gasteiger partial charge in [0, 0.05) is 19.0 Å². The van der Waals surface area contributed by atoms with Gasteiger partial charge in [-0.25, -0.2) is 0 Å². The fraction of sp³-hybridized carbons (Fsp3) is 0.688. The number of carbonyl (C=O) groups is 3. The van der Waals surface area contributed by atoms with Crippen molar-refractivity contribution in [2.75, 3.05) is 13.7 Å². The van der Waals surface area contributed by atoms with Gasteiger partial charge < -0.3 is 31.0 Å². The first-order valence-electron chi connectivity index (χ1n) is 8.31. The molecule has 0 aromatic carbocycles. The highest BCUT2D eigenvalue weighted by molar-refractivity contribution is 8.09. The maximum Gasteiger partial charge on any atom is 0.223 e. The average molecular weight is 409 g/mol. The monoisotopic (exact) mass is 409 g/mol. The molecule has 2 amide bonds. The van der Waals surface area contributed by atoms with Crippen molar-refractivity contribution in [1.29, 1.82) is 0 Å². The van der Waals surface area contributed by atoms with Gasteiger partial charge >= 0.3 is 0 Å². The van der Waals surface area contributed by atoms with Crippen molar-refractivity contribution in [2.24, 2.45) is 17.4 Å². The molecule has 0 aliphatic heterocycles. The smallest absolute Gasteiger partial charge is 0.223 e. The second-order valence-corrected chi connectivity index (χ2v) is 9.49. The van der Waals surface area contributed by atoms with Gasteiger partial charge in [-0.3, -0.25) is 9.59 Å². The van der Waals surface area contributed by atoms with E-state index in [0.717, 1.165) is 0 Å². The second-order valence-electron chi connectivity index (χ2n) is 5.64. The van der Waals surface area contributed by atoms with E-state index in [-0.39, 0.29) is 30.8 Å². The van der Waals surface area contributed by atoms with E-state index in [2.05, 4.69) is 24.2 Å². The zero-order valence-corrected chi connectivity index (χ0v) is 17.3. The van der Waals surface area contributed by atoms with Crippen molar-refractivity contribution in [2.45, 2.75) is 50.7 Å². The number of hydrogen-bond acceptors (Lipinski definition) is 6. The quantitative estimate of drug-likeness (QED) is 0.264. The van der Waals surface area contributed by atoms with Gasteiger partial charge in [-0.05, 0) is 51.0 Å². The molecule has 1 fully saturated rings. The van der Waals surface area contributed by atoms with Crippen LogP contribution in [0.25, 0.3) is 0 Å². The summed E-state index contributed by atoms with van der Waals surface area (Å²) in [5, 5.41) is 2.64. The molecule has 0 aromatic rings. The lowest BCUT2D eigenvalue weighted by Gasteiger charge is -2.29. The highest BCUT2D eigenvalue weighted by Crippen LogP contribution is 2.42. The first-order chi connectivity index (χ1) is 12.2. The van der Waals surface area contributed by atoms with Crippen molar-refractivity contribution in [3.05, 3.63) is 13.2 Å². The summed E-state index contributed by atoms with van der Waals surface area (Å²) in [6.07, 6.45) is 3.32. The summed E-state index contributed by atoms with van der Waals surface area (Å²) in [6, 6.07) is -0.687. The van der Waals surface area contributed by atoms with Gasteiger partial charge in [-0.1, -0.05) is 0 Å². The topological polar surface area (TPSA) is 145 Å². The predicted octanol–water partition coefficient (Wildman–Crippen LogP) is 0.820. The molecule has 152 valence electrons. The van der Waals surface area contributed by atoms with E-state index in [1.807, 2.05) is 0 Å². The summed E-state index contributed by atoms with van der Waals surface area (Å²) < 4.78 is 5.42. The van der Waals surface area contributed by atoms with Crippen LogP contribution in [-0.4, -0.2) is 48.9 Å². The van der Waals surface area contributed by atoms with Crippen LogP contribution >= 0.6 is 6.49 Å². The normalized spacial score (nSPS) is 22.2. The SMILES string of the molecule is C=C.CN.CP(O)(=S)OC1CCC(C(=O)NC(C=O)CCC(N)=O)CC1. The van der Waals surface area contributed by atoms with Gasteiger partial charge in [-0.2, -0.15) is 0 Å². The summed E-state index contributed by atoms with van der Waals surface area (Å²) in [4.78, 5) is 43.3. The van der Waals surface area contributed by atoms with Crippen LogP contribution in [0.2, 0.25) is 0 Å². The number of amides is 2.